The average Bonchev–Trinajstić information content (AvgIpc) is 2.38. The van der Waals surface area contributed by atoms with Gasteiger partial charge in [0.25, 0.3) is 0 Å². The van der Waals surface area contributed by atoms with Crippen molar-refractivity contribution >= 4 is 11.7 Å². The number of esters is 1. The van der Waals surface area contributed by atoms with E-state index in [4.69, 9.17) is 9.47 Å². The molecule has 1 aromatic carbocycles. The Balaban J connectivity index is 2.85. The molecule has 0 saturated heterocycles. The number of benzene rings is 1. The molecule has 106 valence electrons. The van der Waals surface area contributed by atoms with Crippen LogP contribution < -0.4 is 5.32 Å². The number of carbonyl (C=O) groups is 1. The zero-order valence-corrected chi connectivity index (χ0v) is 11.5. The predicted molar refractivity (Wildman–Crippen MR) is 71.5 cm³/mol. The maximum Gasteiger partial charge on any atom is 0.328 e. The number of hydrogen-bond donors (Lipinski definition) is 1. The number of rotatable bonds is 7. The fraction of sp³-hybridized carbons (Fsp3) is 0.500. The maximum absolute atomic E-state index is 13.6. The normalized spacial score (nSPS) is 13.7. The molecule has 0 radical (unpaired) electrons. The lowest BCUT2D eigenvalue weighted by Crippen LogP contribution is -2.39. The largest absolute Gasteiger partial charge is 0.464 e. The highest BCUT2D eigenvalue weighted by atomic mass is 19.1. The van der Waals surface area contributed by atoms with Crippen molar-refractivity contribution in [2.24, 2.45) is 5.92 Å². The van der Waals surface area contributed by atoms with Crippen LogP contribution in [-0.4, -0.2) is 32.3 Å². The molecule has 0 aliphatic rings. The van der Waals surface area contributed by atoms with Gasteiger partial charge in [0, 0.05) is 13.0 Å². The summed E-state index contributed by atoms with van der Waals surface area (Å²) in [6.45, 7) is 4.25. The van der Waals surface area contributed by atoms with E-state index >= 15 is 0 Å². The van der Waals surface area contributed by atoms with Crippen molar-refractivity contribution in [3.05, 3.63) is 30.1 Å². The summed E-state index contributed by atoms with van der Waals surface area (Å²) in [4.78, 5) is 11.9. The minimum atomic E-state index is -0.642. The van der Waals surface area contributed by atoms with Crippen molar-refractivity contribution in [1.29, 1.82) is 0 Å². The zero-order valence-electron chi connectivity index (χ0n) is 11.5. The van der Waals surface area contributed by atoms with Gasteiger partial charge in [0.1, 0.15) is 11.9 Å². The van der Waals surface area contributed by atoms with Gasteiger partial charge in [-0.15, -0.1) is 0 Å². The molecule has 0 heterocycles. The minimum absolute atomic E-state index is 0.136. The monoisotopic (exact) mass is 269 g/mol. The second kappa shape index (κ2) is 7.74. The quantitative estimate of drug-likeness (QED) is 0.772. The summed E-state index contributed by atoms with van der Waals surface area (Å²) in [6.07, 6.45) is 0. The molecule has 19 heavy (non-hydrogen) atoms. The highest BCUT2D eigenvalue weighted by molar-refractivity contribution is 5.79. The third-order valence-corrected chi connectivity index (χ3v) is 2.72. The Labute approximate surface area is 112 Å². The molecule has 2 atom stereocenters. The molecule has 2 unspecified atom stereocenters. The smallest absolute Gasteiger partial charge is 0.328 e. The van der Waals surface area contributed by atoms with Gasteiger partial charge in [0.2, 0.25) is 0 Å². The van der Waals surface area contributed by atoms with E-state index < -0.39 is 17.8 Å². The summed E-state index contributed by atoms with van der Waals surface area (Å²) < 4.78 is 23.6. The van der Waals surface area contributed by atoms with Crippen LogP contribution >= 0.6 is 0 Å². The van der Waals surface area contributed by atoms with E-state index in [1.165, 1.54) is 6.07 Å². The lowest BCUT2D eigenvalue weighted by molar-refractivity contribution is -0.145. The van der Waals surface area contributed by atoms with Crippen LogP contribution in [-0.2, 0) is 14.3 Å². The first-order valence-electron chi connectivity index (χ1n) is 6.26. The van der Waals surface area contributed by atoms with Crippen LogP contribution in [0.5, 0.6) is 0 Å². The molecule has 0 fully saturated rings. The van der Waals surface area contributed by atoms with Gasteiger partial charge in [-0.2, -0.15) is 0 Å². The molecule has 0 spiro atoms. The second-order valence-electron chi connectivity index (χ2n) is 4.29. The number of halogens is 1. The van der Waals surface area contributed by atoms with Crippen LogP contribution in [0.1, 0.15) is 13.8 Å². The van der Waals surface area contributed by atoms with E-state index in [9.17, 15) is 9.18 Å². The van der Waals surface area contributed by atoms with Crippen LogP contribution in [0.2, 0.25) is 0 Å². The first-order valence-corrected chi connectivity index (χ1v) is 6.26. The fourth-order valence-corrected chi connectivity index (χ4v) is 1.77. The molecule has 0 aliphatic carbocycles. The van der Waals surface area contributed by atoms with Crippen LogP contribution in [0, 0.1) is 11.7 Å². The fourth-order valence-electron chi connectivity index (χ4n) is 1.77. The molecule has 1 N–H and O–H groups in total. The van der Waals surface area contributed by atoms with Gasteiger partial charge >= 0.3 is 5.97 Å². The standard InChI is InChI=1S/C14H20FNO3/c1-4-19-14(17)13(10(2)9-18-3)16-12-8-6-5-7-11(12)15/h5-8,10,13,16H,4,9H2,1-3H3. The molecule has 0 aliphatic heterocycles. The number of ether oxygens (including phenoxy) is 2. The third kappa shape index (κ3) is 4.52. The number of methoxy groups -OCH3 is 1. The summed E-state index contributed by atoms with van der Waals surface area (Å²) in [6, 6.07) is 5.58. The summed E-state index contributed by atoms with van der Waals surface area (Å²) in [5, 5.41) is 2.89. The summed E-state index contributed by atoms with van der Waals surface area (Å²) >= 11 is 0. The molecular weight excluding hydrogens is 249 g/mol. The van der Waals surface area contributed by atoms with Crippen molar-refractivity contribution in [3.63, 3.8) is 0 Å². The maximum atomic E-state index is 13.6. The molecule has 4 nitrogen and oxygen atoms in total. The van der Waals surface area contributed by atoms with E-state index in [1.54, 1.807) is 32.2 Å². The lowest BCUT2D eigenvalue weighted by atomic mass is 10.0. The molecule has 5 heteroatoms. The van der Waals surface area contributed by atoms with Gasteiger partial charge in [-0.25, -0.2) is 9.18 Å². The van der Waals surface area contributed by atoms with Crippen molar-refractivity contribution in [2.75, 3.05) is 25.6 Å². The van der Waals surface area contributed by atoms with Crippen molar-refractivity contribution < 1.29 is 18.7 Å². The number of hydrogen-bond acceptors (Lipinski definition) is 4. The Morgan fingerprint density at radius 3 is 2.68 bits per heavy atom. The Hall–Kier alpha value is -1.62. The minimum Gasteiger partial charge on any atom is -0.464 e. The van der Waals surface area contributed by atoms with Crippen molar-refractivity contribution in [1.82, 2.24) is 0 Å². The van der Waals surface area contributed by atoms with Crippen LogP contribution in [0.25, 0.3) is 0 Å². The average molecular weight is 269 g/mol. The zero-order chi connectivity index (χ0) is 14.3. The molecule has 0 bridgehead atoms. The van der Waals surface area contributed by atoms with E-state index in [-0.39, 0.29) is 18.2 Å². The molecule has 0 amide bonds. The SMILES string of the molecule is CCOC(=O)C(Nc1ccccc1F)C(C)COC. The van der Waals surface area contributed by atoms with E-state index in [1.807, 2.05) is 6.92 Å². The first-order chi connectivity index (χ1) is 9.10. The summed E-state index contributed by atoms with van der Waals surface area (Å²) in [5.41, 5.74) is 0.281. The highest BCUT2D eigenvalue weighted by Crippen LogP contribution is 2.18. The summed E-state index contributed by atoms with van der Waals surface area (Å²) in [7, 11) is 1.56. The Bertz CT molecular complexity index is 411. The summed E-state index contributed by atoms with van der Waals surface area (Å²) in [5.74, 6) is -0.944. The van der Waals surface area contributed by atoms with Gasteiger partial charge < -0.3 is 14.8 Å². The first kappa shape index (κ1) is 15.4. The molecule has 1 aromatic rings. The van der Waals surface area contributed by atoms with Crippen LogP contribution in [0.3, 0.4) is 0 Å². The number of para-hydroxylation sites is 1. The Morgan fingerprint density at radius 1 is 1.42 bits per heavy atom. The van der Waals surface area contributed by atoms with E-state index in [2.05, 4.69) is 5.32 Å². The van der Waals surface area contributed by atoms with Crippen molar-refractivity contribution in [2.45, 2.75) is 19.9 Å². The third-order valence-electron chi connectivity index (χ3n) is 2.72. The van der Waals surface area contributed by atoms with E-state index in [0.29, 0.717) is 6.61 Å². The molecule has 0 aromatic heterocycles. The number of nitrogens with one attached hydrogen (secondary N) is 1. The molecule has 0 saturated carbocycles. The van der Waals surface area contributed by atoms with Gasteiger partial charge in [0.15, 0.2) is 0 Å². The van der Waals surface area contributed by atoms with Gasteiger partial charge in [-0.3, -0.25) is 0 Å². The second-order valence-corrected chi connectivity index (χ2v) is 4.29. The number of carbonyl (C=O) groups excluding carboxylic acids is 1. The van der Waals surface area contributed by atoms with Crippen molar-refractivity contribution in [3.8, 4) is 0 Å². The van der Waals surface area contributed by atoms with Gasteiger partial charge in [0.05, 0.1) is 18.9 Å². The Morgan fingerprint density at radius 2 is 2.11 bits per heavy atom. The van der Waals surface area contributed by atoms with E-state index in [0.717, 1.165) is 0 Å². The Kier molecular flexibility index (Phi) is 6.29. The molecular formula is C14H20FNO3. The van der Waals surface area contributed by atoms with Crippen LogP contribution in [0.15, 0.2) is 24.3 Å². The van der Waals surface area contributed by atoms with Crippen LogP contribution in [0.4, 0.5) is 10.1 Å². The highest BCUT2D eigenvalue weighted by Gasteiger charge is 2.27. The lowest BCUT2D eigenvalue weighted by Gasteiger charge is -2.24. The number of anilines is 1. The topological polar surface area (TPSA) is 47.6 Å². The molecule has 1 rings (SSSR count). The van der Waals surface area contributed by atoms with Gasteiger partial charge in [-0.05, 0) is 19.1 Å². The van der Waals surface area contributed by atoms with Gasteiger partial charge in [-0.1, -0.05) is 19.1 Å². The predicted octanol–water partition coefficient (Wildman–Crippen LogP) is 2.45.